The first-order chi connectivity index (χ1) is 14.1. The molecule has 0 amide bonds. The molecule has 4 heterocycles. The van der Waals surface area contributed by atoms with Gasteiger partial charge in [-0.2, -0.15) is 0 Å². The summed E-state index contributed by atoms with van der Waals surface area (Å²) in [6.07, 6.45) is 2.99. The number of fused-ring (bicyclic) bond motifs is 8. The molecule has 4 aliphatic heterocycles. The maximum Gasteiger partial charge on any atom is 0.218 e. The van der Waals surface area contributed by atoms with Crippen molar-refractivity contribution in [2.45, 2.75) is 31.4 Å². The van der Waals surface area contributed by atoms with E-state index in [9.17, 15) is 9.59 Å². The Morgan fingerprint density at radius 3 is 2.72 bits per heavy atom. The van der Waals surface area contributed by atoms with Gasteiger partial charge in [0.25, 0.3) is 0 Å². The van der Waals surface area contributed by atoms with Crippen LogP contribution >= 0.6 is 0 Å². The number of hydrogen-bond acceptors (Lipinski definition) is 5. The largest absolute Gasteiger partial charge is 0.359 e. The van der Waals surface area contributed by atoms with Crippen LogP contribution in [0.3, 0.4) is 0 Å². The summed E-state index contributed by atoms with van der Waals surface area (Å²) in [6.45, 7) is 2.37. The van der Waals surface area contributed by atoms with Gasteiger partial charge in [0.2, 0.25) is 6.29 Å². The Labute approximate surface area is 168 Å². The third kappa shape index (κ3) is 2.35. The smallest absolute Gasteiger partial charge is 0.218 e. The topological polar surface area (TPSA) is 55.8 Å². The van der Waals surface area contributed by atoms with Crippen LogP contribution in [0, 0.1) is 18.8 Å². The fourth-order valence-electron chi connectivity index (χ4n) is 5.51. The molecule has 5 heteroatoms. The van der Waals surface area contributed by atoms with Crippen LogP contribution in [0.15, 0.2) is 54.7 Å². The zero-order chi connectivity index (χ0) is 19.7. The third-order valence-electron chi connectivity index (χ3n) is 6.81. The van der Waals surface area contributed by atoms with E-state index in [0.717, 1.165) is 16.7 Å². The van der Waals surface area contributed by atoms with Crippen molar-refractivity contribution in [3.63, 3.8) is 0 Å². The molecule has 3 saturated heterocycles. The summed E-state index contributed by atoms with van der Waals surface area (Å²) in [6, 6.07) is 15.2. The molecule has 6 rings (SSSR count). The highest BCUT2D eigenvalue weighted by Gasteiger charge is 2.63. The predicted molar refractivity (Wildman–Crippen MR) is 106 cm³/mol. The van der Waals surface area contributed by atoms with Gasteiger partial charge in [0.15, 0.2) is 11.6 Å². The number of rotatable bonds is 2. The zero-order valence-corrected chi connectivity index (χ0v) is 16.0. The summed E-state index contributed by atoms with van der Waals surface area (Å²) in [5.74, 6) is -0.543. The highest BCUT2D eigenvalue weighted by molar-refractivity contribution is 6.02. The molecule has 2 bridgehead atoms. The van der Waals surface area contributed by atoms with Crippen LogP contribution in [0.4, 0.5) is 0 Å². The fourth-order valence-corrected chi connectivity index (χ4v) is 5.51. The SMILES string of the molecule is Cc1ccc(C(=O)[C@H]2[C@@H]3C4COC(O4)C(=O)[C@@H]3[C@@H]3c4ccccc4C=CN23)cc1. The van der Waals surface area contributed by atoms with Crippen molar-refractivity contribution in [2.75, 3.05) is 6.61 Å². The van der Waals surface area contributed by atoms with Crippen molar-refractivity contribution in [1.29, 1.82) is 0 Å². The van der Waals surface area contributed by atoms with E-state index < -0.39 is 12.3 Å². The minimum Gasteiger partial charge on any atom is -0.359 e. The number of aryl methyl sites for hydroxylation is 1. The summed E-state index contributed by atoms with van der Waals surface area (Å²) in [4.78, 5) is 29.0. The molecule has 0 saturated carbocycles. The van der Waals surface area contributed by atoms with E-state index in [1.54, 1.807) is 0 Å². The van der Waals surface area contributed by atoms with Gasteiger partial charge in [-0.15, -0.1) is 0 Å². The molecule has 29 heavy (non-hydrogen) atoms. The first kappa shape index (κ1) is 17.1. The monoisotopic (exact) mass is 387 g/mol. The molecule has 0 aromatic heterocycles. The molecule has 5 nitrogen and oxygen atoms in total. The number of nitrogens with zero attached hydrogens (tertiary/aromatic N) is 1. The Kier molecular flexibility index (Phi) is 3.61. The lowest BCUT2D eigenvalue weighted by atomic mass is 9.75. The zero-order valence-electron chi connectivity index (χ0n) is 16.0. The molecule has 3 fully saturated rings. The summed E-state index contributed by atoms with van der Waals surface area (Å²) >= 11 is 0. The van der Waals surface area contributed by atoms with Crippen molar-refractivity contribution < 1.29 is 19.1 Å². The normalized spacial score (nSPS) is 34.0. The van der Waals surface area contributed by atoms with E-state index >= 15 is 0 Å². The van der Waals surface area contributed by atoms with Gasteiger partial charge in [-0.05, 0) is 24.1 Å². The molecule has 0 spiro atoms. The molecule has 0 radical (unpaired) electrons. The highest BCUT2D eigenvalue weighted by atomic mass is 16.7. The van der Waals surface area contributed by atoms with Crippen molar-refractivity contribution >= 4 is 17.6 Å². The molecule has 2 aromatic rings. The van der Waals surface area contributed by atoms with Crippen LogP contribution in [0.5, 0.6) is 0 Å². The number of ether oxygens (including phenoxy) is 2. The quantitative estimate of drug-likeness (QED) is 0.741. The van der Waals surface area contributed by atoms with Crippen molar-refractivity contribution in [1.82, 2.24) is 4.90 Å². The van der Waals surface area contributed by atoms with Crippen LogP contribution in [0.25, 0.3) is 6.08 Å². The molecule has 6 atom stereocenters. The Bertz CT molecular complexity index is 1040. The first-order valence-electron chi connectivity index (χ1n) is 10.1. The number of carbonyl (C=O) groups is 2. The standard InChI is InChI=1S/C24H21NO4/c1-13-6-8-15(9-7-13)22(26)21-18-17-12-28-24(29-17)23(27)19(18)20-16-5-3-2-4-14(16)10-11-25(20)21/h2-11,17-21,24H,12H2,1H3/t17?,18-,19+,20+,21-,24?/m1/s1. The third-order valence-corrected chi connectivity index (χ3v) is 6.81. The van der Waals surface area contributed by atoms with Gasteiger partial charge in [0.05, 0.1) is 30.7 Å². The number of benzene rings is 2. The minimum atomic E-state index is -0.797. The number of carbonyl (C=O) groups excluding carboxylic acids is 2. The average Bonchev–Trinajstić information content (AvgIpc) is 3.33. The number of ketones is 2. The maximum absolute atomic E-state index is 13.7. The van der Waals surface area contributed by atoms with Crippen molar-refractivity contribution in [2.24, 2.45) is 11.8 Å². The van der Waals surface area contributed by atoms with Gasteiger partial charge in [-0.25, -0.2) is 0 Å². The lowest BCUT2D eigenvalue weighted by molar-refractivity contribution is -0.164. The maximum atomic E-state index is 13.7. The van der Waals surface area contributed by atoms with E-state index in [1.807, 2.05) is 55.6 Å². The average molecular weight is 387 g/mol. The lowest BCUT2D eigenvalue weighted by Gasteiger charge is -2.34. The second-order valence-electron chi connectivity index (χ2n) is 8.36. The Morgan fingerprint density at radius 1 is 1.10 bits per heavy atom. The van der Waals surface area contributed by atoms with Gasteiger partial charge in [-0.1, -0.05) is 54.1 Å². The minimum absolute atomic E-state index is 0.0354. The fraction of sp³-hybridized carbons (Fsp3) is 0.333. The second-order valence-corrected chi connectivity index (χ2v) is 8.36. The van der Waals surface area contributed by atoms with Crippen LogP contribution in [-0.2, 0) is 14.3 Å². The van der Waals surface area contributed by atoms with Crippen LogP contribution in [-0.4, -0.2) is 41.5 Å². The molecule has 0 N–H and O–H groups in total. The Hall–Kier alpha value is -2.76. The number of Topliss-reactive ketones (excluding diaryl/α,β-unsaturated/α-hetero) is 2. The van der Waals surface area contributed by atoms with Crippen LogP contribution in [0.1, 0.15) is 33.1 Å². The summed E-state index contributed by atoms with van der Waals surface area (Å²) in [5, 5.41) is 0. The van der Waals surface area contributed by atoms with E-state index in [0.29, 0.717) is 12.2 Å². The molecular formula is C24H21NO4. The van der Waals surface area contributed by atoms with Gasteiger partial charge >= 0.3 is 0 Å². The van der Waals surface area contributed by atoms with Crippen molar-refractivity contribution in [3.8, 4) is 0 Å². The van der Waals surface area contributed by atoms with Gasteiger partial charge < -0.3 is 14.4 Å². The lowest BCUT2D eigenvalue weighted by Crippen LogP contribution is -2.48. The van der Waals surface area contributed by atoms with Crippen molar-refractivity contribution in [3.05, 3.63) is 77.0 Å². The Balaban J connectivity index is 1.50. The first-order valence-corrected chi connectivity index (χ1v) is 10.1. The summed E-state index contributed by atoms with van der Waals surface area (Å²) in [5.41, 5.74) is 3.97. The van der Waals surface area contributed by atoms with E-state index in [-0.39, 0.29) is 35.5 Å². The predicted octanol–water partition coefficient (Wildman–Crippen LogP) is 3.14. The highest BCUT2D eigenvalue weighted by Crippen LogP contribution is 2.54. The van der Waals surface area contributed by atoms with E-state index in [4.69, 9.17) is 9.47 Å². The van der Waals surface area contributed by atoms with Gasteiger partial charge in [0, 0.05) is 17.7 Å². The van der Waals surface area contributed by atoms with E-state index in [1.165, 1.54) is 0 Å². The summed E-state index contributed by atoms with van der Waals surface area (Å²) < 4.78 is 11.5. The molecule has 2 unspecified atom stereocenters. The molecule has 2 aromatic carbocycles. The van der Waals surface area contributed by atoms with Gasteiger partial charge in [-0.3, -0.25) is 9.59 Å². The summed E-state index contributed by atoms with van der Waals surface area (Å²) in [7, 11) is 0. The molecule has 0 aliphatic carbocycles. The van der Waals surface area contributed by atoms with Gasteiger partial charge in [0.1, 0.15) is 0 Å². The number of hydrogen-bond donors (Lipinski definition) is 0. The molecule has 4 aliphatic rings. The van der Waals surface area contributed by atoms with E-state index in [2.05, 4.69) is 17.0 Å². The van der Waals surface area contributed by atoms with Crippen LogP contribution < -0.4 is 0 Å². The molecule has 146 valence electrons. The van der Waals surface area contributed by atoms with Crippen LogP contribution in [0.2, 0.25) is 0 Å². The molecular weight excluding hydrogens is 366 g/mol. The Morgan fingerprint density at radius 2 is 1.90 bits per heavy atom. The second kappa shape index (κ2) is 6.12.